The maximum absolute atomic E-state index is 9.63. The van der Waals surface area contributed by atoms with E-state index in [4.69, 9.17) is 15.2 Å². The molecule has 1 atom stereocenters. The molecule has 1 aliphatic rings. The number of aromatic nitrogens is 3. The molecule has 0 spiro atoms. The van der Waals surface area contributed by atoms with Crippen LogP contribution in [0.1, 0.15) is 17.2 Å². The highest BCUT2D eigenvalue weighted by Crippen LogP contribution is 2.37. The molecule has 0 radical (unpaired) electrons. The van der Waals surface area contributed by atoms with E-state index in [1.54, 1.807) is 7.11 Å². The first kappa shape index (κ1) is 17.4. The summed E-state index contributed by atoms with van der Waals surface area (Å²) in [6.07, 6.45) is 1.38. The number of methoxy groups -OCH3 is 1. The van der Waals surface area contributed by atoms with Crippen molar-refractivity contribution in [1.29, 1.82) is 5.26 Å². The van der Waals surface area contributed by atoms with E-state index in [9.17, 15) is 5.26 Å². The van der Waals surface area contributed by atoms with E-state index in [1.807, 2.05) is 48.5 Å². The second-order valence-corrected chi connectivity index (χ2v) is 6.17. The van der Waals surface area contributed by atoms with Crippen LogP contribution in [-0.4, -0.2) is 21.9 Å². The molecule has 0 bridgehead atoms. The molecule has 0 saturated carbocycles. The third-order valence-electron chi connectivity index (χ3n) is 4.49. The molecule has 0 aliphatic carbocycles. The van der Waals surface area contributed by atoms with Crippen molar-refractivity contribution in [1.82, 2.24) is 14.8 Å². The van der Waals surface area contributed by atoms with Gasteiger partial charge in [0.25, 0.3) is 0 Å². The molecule has 0 fully saturated rings. The van der Waals surface area contributed by atoms with Crippen LogP contribution >= 0.6 is 0 Å². The summed E-state index contributed by atoms with van der Waals surface area (Å²) in [7, 11) is 1.59. The van der Waals surface area contributed by atoms with E-state index >= 15 is 0 Å². The molecule has 1 aromatic heterocycles. The summed E-state index contributed by atoms with van der Waals surface area (Å²) in [5.74, 6) is 1.91. The number of fused-ring (bicyclic) bond motifs is 1. The lowest BCUT2D eigenvalue weighted by atomic mass is 9.98. The summed E-state index contributed by atoms with van der Waals surface area (Å²) < 4.78 is 12.8. The summed E-state index contributed by atoms with van der Waals surface area (Å²) in [4.78, 5) is 4.15. The Bertz CT molecular complexity index is 1070. The number of hydrogen-bond donors (Lipinski definition) is 2. The van der Waals surface area contributed by atoms with Crippen molar-refractivity contribution < 1.29 is 9.47 Å². The number of rotatable bonds is 5. The van der Waals surface area contributed by atoms with Crippen LogP contribution in [0, 0.1) is 11.3 Å². The number of nitrogens with one attached hydrogen (secondary N) is 1. The van der Waals surface area contributed by atoms with Gasteiger partial charge < -0.3 is 20.5 Å². The van der Waals surface area contributed by atoms with Gasteiger partial charge in [0.05, 0.1) is 18.7 Å². The molecule has 2 heterocycles. The third-order valence-corrected chi connectivity index (χ3v) is 4.49. The molecule has 8 heteroatoms. The Morgan fingerprint density at radius 3 is 2.79 bits per heavy atom. The number of ether oxygens (including phenoxy) is 2. The summed E-state index contributed by atoms with van der Waals surface area (Å²) in [5.41, 5.74) is 8.33. The highest BCUT2D eigenvalue weighted by molar-refractivity contribution is 5.65. The lowest BCUT2D eigenvalue weighted by molar-refractivity contribution is 0.284. The fourth-order valence-electron chi connectivity index (χ4n) is 3.07. The number of nitriles is 1. The van der Waals surface area contributed by atoms with Gasteiger partial charge in [0.1, 0.15) is 24.8 Å². The zero-order chi connectivity index (χ0) is 19.5. The van der Waals surface area contributed by atoms with Gasteiger partial charge in [-0.3, -0.25) is 0 Å². The molecule has 0 unspecified atom stereocenters. The first-order valence-electron chi connectivity index (χ1n) is 8.62. The van der Waals surface area contributed by atoms with Crippen LogP contribution < -0.4 is 20.5 Å². The molecule has 28 heavy (non-hydrogen) atoms. The zero-order valence-corrected chi connectivity index (χ0v) is 15.2. The standard InChI is InChI=1S/C20H18N6O2/c1-27-16-8-7-14(9-17(16)28-11-13-5-3-2-4-6-13)18-15(10-21)19(22)26-20(25-18)23-12-24-26/h2-9,12,18H,11,22H2,1H3,(H,23,24,25)/t18-/m0/s1. The zero-order valence-electron chi connectivity index (χ0n) is 15.2. The van der Waals surface area contributed by atoms with Gasteiger partial charge in [-0.15, -0.1) is 0 Å². The van der Waals surface area contributed by atoms with E-state index in [2.05, 4.69) is 21.5 Å². The Labute approximate surface area is 161 Å². The van der Waals surface area contributed by atoms with Gasteiger partial charge in [-0.1, -0.05) is 36.4 Å². The topological polar surface area (TPSA) is 111 Å². The molecular formula is C20H18N6O2. The molecule has 0 amide bonds. The van der Waals surface area contributed by atoms with Crippen molar-refractivity contribution in [2.45, 2.75) is 12.6 Å². The van der Waals surface area contributed by atoms with Gasteiger partial charge in [0.2, 0.25) is 5.95 Å². The first-order chi connectivity index (χ1) is 13.7. The molecule has 4 rings (SSSR count). The molecule has 3 N–H and O–H groups in total. The Morgan fingerprint density at radius 1 is 1.21 bits per heavy atom. The van der Waals surface area contributed by atoms with Crippen LogP contribution in [0.4, 0.5) is 5.95 Å². The molecular weight excluding hydrogens is 356 g/mol. The van der Waals surface area contributed by atoms with Crippen molar-refractivity contribution in [2.24, 2.45) is 5.73 Å². The highest BCUT2D eigenvalue weighted by atomic mass is 16.5. The number of hydrogen-bond acceptors (Lipinski definition) is 7. The lowest BCUT2D eigenvalue weighted by Crippen LogP contribution is -2.27. The second kappa shape index (κ2) is 7.32. The largest absolute Gasteiger partial charge is 0.493 e. The Hall–Kier alpha value is -3.99. The molecule has 2 aromatic carbocycles. The molecule has 3 aromatic rings. The number of nitrogens with two attached hydrogens (primary N) is 1. The number of benzene rings is 2. The monoisotopic (exact) mass is 374 g/mol. The second-order valence-electron chi connectivity index (χ2n) is 6.17. The van der Waals surface area contributed by atoms with Crippen LogP contribution in [0.2, 0.25) is 0 Å². The van der Waals surface area contributed by atoms with Crippen LogP contribution in [0.3, 0.4) is 0 Å². The fourth-order valence-corrected chi connectivity index (χ4v) is 3.07. The van der Waals surface area contributed by atoms with E-state index in [0.717, 1.165) is 11.1 Å². The average Bonchev–Trinajstić information content (AvgIpc) is 3.22. The van der Waals surface area contributed by atoms with Gasteiger partial charge in [0.15, 0.2) is 11.5 Å². The Balaban J connectivity index is 1.67. The van der Waals surface area contributed by atoms with Crippen LogP contribution in [-0.2, 0) is 6.61 Å². The fraction of sp³-hybridized carbons (Fsp3) is 0.150. The van der Waals surface area contributed by atoms with Gasteiger partial charge in [-0.25, -0.2) is 0 Å². The minimum atomic E-state index is -0.466. The van der Waals surface area contributed by atoms with Gasteiger partial charge in [0, 0.05) is 0 Å². The maximum Gasteiger partial charge on any atom is 0.228 e. The molecule has 140 valence electrons. The quantitative estimate of drug-likeness (QED) is 0.706. The van der Waals surface area contributed by atoms with E-state index in [1.165, 1.54) is 11.0 Å². The predicted molar refractivity (Wildman–Crippen MR) is 103 cm³/mol. The number of nitrogens with zero attached hydrogens (tertiary/aromatic N) is 4. The van der Waals surface area contributed by atoms with E-state index in [-0.39, 0.29) is 5.82 Å². The summed E-state index contributed by atoms with van der Waals surface area (Å²) >= 11 is 0. The molecule has 0 saturated heterocycles. The third kappa shape index (κ3) is 3.10. The van der Waals surface area contributed by atoms with Crippen molar-refractivity contribution in [3.05, 3.63) is 71.6 Å². The average molecular weight is 374 g/mol. The van der Waals surface area contributed by atoms with E-state index < -0.39 is 6.04 Å². The SMILES string of the molecule is COc1ccc([C@@H]2Nc3ncnn3C(N)=C2C#N)cc1OCc1ccccc1. The summed E-state index contributed by atoms with van der Waals surface area (Å²) in [6.45, 7) is 0.399. The van der Waals surface area contributed by atoms with Crippen molar-refractivity contribution in [3.8, 4) is 17.6 Å². The molecule has 1 aliphatic heterocycles. The van der Waals surface area contributed by atoms with Crippen LogP contribution in [0.25, 0.3) is 5.82 Å². The molecule has 8 nitrogen and oxygen atoms in total. The highest BCUT2D eigenvalue weighted by Gasteiger charge is 2.29. The van der Waals surface area contributed by atoms with E-state index in [0.29, 0.717) is 29.6 Å². The smallest absolute Gasteiger partial charge is 0.228 e. The van der Waals surface area contributed by atoms with Crippen LogP contribution in [0.15, 0.2) is 60.4 Å². The van der Waals surface area contributed by atoms with Crippen LogP contribution in [0.5, 0.6) is 11.5 Å². The van der Waals surface area contributed by atoms with Crippen molar-refractivity contribution in [2.75, 3.05) is 12.4 Å². The first-order valence-corrected chi connectivity index (χ1v) is 8.62. The Kier molecular flexibility index (Phi) is 4.56. The van der Waals surface area contributed by atoms with Gasteiger partial charge >= 0.3 is 0 Å². The summed E-state index contributed by atoms with van der Waals surface area (Å²) in [5, 5.41) is 16.9. The van der Waals surface area contributed by atoms with Crippen molar-refractivity contribution in [3.63, 3.8) is 0 Å². The minimum Gasteiger partial charge on any atom is -0.493 e. The Morgan fingerprint density at radius 2 is 2.04 bits per heavy atom. The maximum atomic E-state index is 9.63. The predicted octanol–water partition coefficient (Wildman–Crippen LogP) is 2.68. The van der Waals surface area contributed by atoms with Gasteiger partial charge in [-0.2, -0.15) is 20.0 Å². The summed E-state index contributed by atoms with van der Waals surface area (Å²) in [6, 6.07) is 17.1. The lowest BCUT2D eigenvalue weighted by Gasteiger charge is -2.26. The normalized spacial score (nSPS) is 15.4. The van der Waals surface area contributed by atoms with Gasteiger partial charge in [-0.05, 0) is 23.3 Å². The number of anilines is 1. The van der Waals surface area contributed by atoms with Crippen molar-refractivity contribution >= 4 is 11.8 Å². The minimum absolute atomic E-state index is 0.251.